The van der Waals surface area contributed by atoms with Crippen molar-refractivity contribution in [3.63, 3.8) is 0 Å². The summed E-state index contributed by atoms with van der Waals surface area (Å²) in [6, 6.07) is 14.1. The summed E-state index contributed by atoms with van der Waals surface area (Å²) in [5.41, 5.74) is 4.28. The molecule has 1 aromatic heterocycles. The molecule has 1 N–H and O–H groups in total. The monoisotopic (exact) mass is 310 g/mol. The van der Waals surface area contributed by atoms with Crippen molar-refractivity contribution < 1.29 is 9.84 Å². The summed E-state index contributed by atoms with van der Waals surface area (Å²) in [6.07, 6.45) is -0.608. The molecule has 3 aromatic rings. The molecular formula is C19H22N2O2. The number of fused-ring (bicyclic) bond motifs is 1. The van der Waals surface area contributed by atoms with Gasteiger partial charge in [-0.2, -0.15) is 0 Å². The third-order valence-corrected chi connectivity index (χ3v) is 3.96. The van der Waals surface area contributed by atoms with Crippen molar-refractivity contribution in [3.05, 3.63) is 59.4 Å². The molecule has 4 heteroatoms. The van der Waals surface area contributed by atoms with Crippen molar-refractivity contribution in [3.8, 4) is 5.75 Å². The van der Waals surface area contributed by atoms with Gasteiger partial charge in [0.2, 0.25) is 0 Å². The van der Waals surface area contributed by atoms with Crippen LogP contribution in [0.15, 0.2) is 42.5 Å². The molecule has 1 unspecified atom stereocenters. The smallest absolute Gasteiger partial charge is 0.138 e. The Morgan fingerprint density at radius 2 is 1.96 bits per heavy atom. The van der Waals surface area contributed by atoms with Gasteiger partial charge in [-0.15, -0.1) is 0 Å². The Kier molecular flexibility index (Phi) is 4.35. The Balaban J connectivity index is 1.80. The predicted molar refractivity (Wildman–Crippen MR) is 91.8 cm³/mol. The van der Waals surface area contributed by atoms with Crippen molar-refractivity contribution >= 4 is 11.0 Å². The van der Waals surface area contributed by atoms with Crippen LogP contribution in [-0.2, 0) is 6.54 Å². The normalized spacial score (nSPS) is 12.5. The van der Waals surface area contributed by atoms with E-state index in [1.165, 1.54) is 5.56 Å². The summed E-state index contributed by atoms with van der Waals surface area (Å²) in [5, 5.41) is 9.97. The average Bonchev–Trinajstić information content (AvgIpc) is 2.89. The SMILES string of the molecule is Cc1ccc(OCCn2c(C(C)O)nc3ccccc32)c(C)c1. The summed E-state index contributed by atoms with van der Waals surface area (Å²) in [5.74, 6) is 1.58. The van der Waals surface area contributed by atoms with Crippen LogP contribution in [0.5, 0.6) is 5.75 Å². The van der Waals surface area contributed by atoms with Gasteiger partial charge < -0.3 is 14.4 Å². The maximum Gasteiger partial charge on any atom is 0.138 e. The fraction of sp³-hybridized carbons (Fsp3) is 0.316. The van der Waals surface area contributed by atoms with Crippen LogP contribution in [0.25, 0.3) is 11.0 Å². The van der Waals surface area contributed by atoms with E-state index >= 15 is 0 Å². The maximum atomic E-state index is 9.97. The first-order valence-electron chi connectivity index (χ1n) is 7.89. The van der Waals surface area contributed by atoms with E-state index in [1.54, 1.807) is 6.92 Å². The van der Waals surface area contributed by atoms with Gasteiger partial charge in [0.15, 0.2) is 0 Å². The highest BCUT2D eigenvalue weighted by molar-refractivity contribution is 5.76. The molecule has 23 heavy (non-hydrogen) atoms. The number of hydrogen-bond acceptors (Lipinski definition) is 3. The molecule has 0 aliphatic heterocycles. The summed E-state index contributed by atoms with van der Waals surface area (Å²) in [7, 11) is 0. The minimum Gasteiger partial charge on any atom is -0.491 e. The van der Waals surface area contributed by atoms with E-state index < -0.39 is 6.10 Å². The van der Waals surface area contributed by atoms with Crippen molar-refractivity contribution in [2.45, 2.75) is 33.4 Å². The van der Waals surface area contributed by atoms with Crippen LogP contribution in [-0.4, -0.2) is 21.3 Å². The number of rotatable bonds is 5. The Hall–Kier alpha value is -2.33. The minimum atomic E-state index is -0.608. The van der Waals surface area contributed by atoms with Crippen LogP contribution in [0.3, 0.4) is 0 Å². The number of nitrogens with zero attached hydrogens (tertiary/aromatic N) is 2. The van der Waals surface area contributed by atoms with Crippen LogP contribution in [0, 0.1) is 13.8 Å². The van der Waals surface area contributed by atoms with Crippen LogP contribution < -0.4 is 4.74 Å². The highest BCUT2D eigenvalue weighted by Crippen LogP contribution is 2.22. The van der Waals surface area contributed by atoms with E-state index in [1.807, 2.05) is 34.9 Å². The van der Waals surface area contributed by atoms with E-state index in [0.717, 1.165) is 22.3 Å². The zero-order valence-corrected chi connectivity index (χ0v) is 13.8. The first-order chi connectivity index (χ1) is 11.1. The molecule has 0 radical (unpaired) electrons. The molecule has 0 aliphatic rings. The van der Waals surface area contributed by atoms with Gasteiger partial charge in [-0.1, -0.05) is 29.8 Å². The lowest BCUT2D eigenvalue weighted by molar-refractivity contribution is 0.181. The molecule has 0 bridgehead atoms. The van der Waals surface area contributed by atoms with E-state index in [0.29, 0.717) is 19.0 Å². The standard InChI is InChI=1S/C19H22N2O2/c1-13-8-9-18(14(2)12-13)23-11-10-21-17-7-5-4-6-16(17)20-19(21)15(3)22/h4-9,12,15,22H,10-11H2,1-3H3. The van der Waals surface area contributed by atoms with Gasteiger partial charge in [0.25, 0.3) is 0 Å². The van der Waals surface area contributed by atoms with Crippen molar-refractivity contribution in [1.29, 1.82) is 0 Å². The number of aliphatic hydroxyl groups is 1. The second-order valence-electron chi connectivity index (χ2n) is 5.90. The Morgan fingerprint density at radius 1 is 1.17 bits per heavy atom. The first kappa shape index (κ1) is 15.6. The molecule has 1 atom stereocenters. The lowest BCUT2D eigenvalue weighted by atomic mass is 10.1. The van der Waals surface area contributed by atoms with E-state index in [4.69, 9.17) is 4.74 Å². The zero-order valence-electron chi connectivity index (χ0n) is 13.8. The second kappa shape index (κ2) is 6.42. The fourth-order valence-electron chi connectivity index (χ4n) is 2.86. The molecule has 120 valence electrons. The van der Waals surface area contributed by atoms with Crippen LogP contribution >= 0.6 is 0 Å². The number of para-hydroxylation sites is 2. The first-order valence-corrected chi connectivity index (χ1v) is 7.89. The molecule has 1 heterocycles. The van der Waals surface area contributed by atoms with Gasteiger partial charge in [0, 0.05) is 0 Å². The van der Waals surface area contributed by atoms with Crippen LogP contribution in [0.2, 0.25) is 0 Å². The van der Waals surface area contributed by atoms with Gasteiger partial charge in [-0.3, -0.25) is 0 Å². The lowest BCUT2D eigenvalue weighted by Gasteiger charge is -2.13. The quantitative estimate of drug-likeness (QED) is 0.780. The molecule has 2 aromatic carbocycles. The average molecular weight is 310 g/mol. The predicted octanol–water partition coefficient (Wildman–Crippen LogP) is 3.79. The van der Waals surface area contributed by atoms with Gasteiger partial charge in [0.1, 0.15) is 24.3 Å². The number of benzene rings is 2. The Morgan fingerprint density at radius 3 is 2.70 bits per heavy atom. The van der Waals surface area contributed by atoms with E-state index in [-0.39, 0.29) is 0 Å². The van der Waals surface area contributed by atoms with Gasteiger partial charge in [-0.05, 0) is 44.5 Å². The zero-order chi connectivity index (χ0) is 16.4. The van der Waals surface area contributed by atoms with Crippen LogP contribution in [0.4, 0.5) is 0 Å². The number of imidazole rings is 1. The molecule has 0 fully saturated rings. The molecule has 0 saturated heterocycles. The van der Waals surface area contributed by atoms with Gasteiger partial charge in [-0.25, -0.2) is 4.98 Å². The second-order valence-corrected chi connectivity index (χ2v) is 5.90. The largest absolute Gasteiger partial charge is 0.491 e. The van der Waals surface area contributed by atoms with E-state index in [9.17, 15) is 5.11 Å². The van der Waals surface area contributed by atoms with Crippen molar-refractivity contribution in [2.75, 3.05) is 6.61 Å². The molecule has 0 aliphatic carbocycles. The molecule has 0 spiro atoms. The van der Waals surface area contributed by atoms with Crippen molar-refractivity contribution in [2.24, 2.45) is 0 Å². The van der Waals surface area contributed by atoms with Gasteiger partial charge in [0.05, 0.1) is 17.6 Å². The minimum absolute atomic E-state index is 0.532. The lowest BCUT2D eigenvalue weighted by Crippen LogP contribution is -2.13. The highest BCUT2D eigenvalue weighted by Gasteiger charge is 2.14. The molecule has 3 rings (SSSR count). The Bertz CT molecular complexity index is 821. The number of ether oxygens (including phenoxy) is 1. The molecule has 0 amide bonds. The number of aliphatic hydroxyl groups excluding tert-OH is 1. The van der Waals surface area contributed by atoms with Crippen LogP contribution in [0.1, 0.15) is 30.0 Å². The van der Waals surface area contributed by atoms with Gasteiger partial charge >= 0.3 is 0 Å². The highest BCUT2D eigenvalue weighted by atomic mass is 16.5. The Labute approximate surface area is 136 Å². The van der Waals surface area contributed by atoms with Crippen molar-refractivity contribution in [1.82, 2.24) is 9.55 Å². The third-order valence-electron chi connectivity index (χ3n) is 3.96. The number of aryl methyl sites for hydroxylation is 2. The van der Waals surface area contributed by atoms with E-state index in [2.05, 4.69) is 31.0 Å². The summed E-state index contributed by atoms with van der Waals surface area (Å²) in [4.78, 5) is 4.52. The fourth-order valence-corrected chi connectivity index (χ4v) is 2.86. The summed E-state index contributed by atoms with van der Waals surface area (Å²) >= 11 is 0. The number of aromatic nitrogens is 2. The summed E-state index contributed by atoms with van der Waals surface area (Å²) in [6.45, 7) is 7.04. The third kappa shape index (κ3) is 3.22. The number of hydrogen-bond donors (Lipinski definition) is 1. The molecule has 0 saturated carbocycles. The molecular weight excluding hydrogens is 288 g/mol. The topological polar surface area (TPSA) is 47.3 Å². The maximum absolute atomic E-state index is 9.97. The summed E-state index contributed by atoms with van der Waals surface area (Å²) < 4.78 is 7.95. The molecule has 4 nitrogen and oxygen atoms in total.